The maximum absolute atomic E-state index is 13.2. The summed E-state index contributed by atoms with van der Waals surface area (Å²) in [5.41, 5.74) is 2.60. The van der Waals surface area contributed by atoms with Crippen LogP contribution in [0.15, 0.2) is 29.3 Å². The molecule has 2 aromatic rings. The fraction of sp³-hybridized carbons (Fsp3) is 0.455. The normalized spacial score (nSPS) is 19.6. The van der Waals surface area contributed by atoms with E-state index in [0.717, 1.165) is 16.9 Å². The summed E-state index contributed by atoms with van der Waals surface area (Å²) < 4.78 is 38.8. The summed E-state index contributed by atoms with van der Waals surface area (Å²) in [5, 5.41) is 2.85. The second-order valence-corrected chi connectivity index (χ2v) is 10.3. The van der Waals surface area contributed by atoms with Crippen molar-refractivity contribution in [1.29, 1.82) is 0 Å². The summed E-state index contributed by atoms with van der Waals surface area (Å²) in [7, 11) is -2.30. The van der Waals surface area contributed by atoms with Gasteiger partial charge in [0.1, 0.15) is 10.6 Å². The smallest absolute Gasteiger partial charge is 0.251 e. The van der Waals surface area contributed by atoms with Crippen molar-refractivity contribution in [2.75, 3.05) is 20.2 Å². The van der Waals surface area contributed by atoms with Crippen LogP contribution >= 0.6 is 11.6 Å². The number of pyridine rings is 1. The van der Waals surface area contributed by atoms with Crippen LogP contribution in [0.5, 0.6) is 5.75 Å². The van der Waals surface area contributed by atoms with Crippen molar-refractivity contribution in [1.82, 2.24) is 14.6 Å². The van der Waals surface area contributed by atoms with Gasteiger partial charge in [-0.1, -0.05) is 11.6 Å². The molecule has 2 atom stereocenters. The number of nitrogens with one attached hydrogen (secondary N) is 1. The number of halogens is 1. The average molecular weight is 482 g/mol. The lowest BCUT2D eigenvalue weighted by Gasteiger charge is -2.34. The van der Waals surface area contributed by atoms with Crippen LogP contribution in [0.2, 0.25) is 5.02 Å². The average Bonchev–Trinajstić information content (AvgIpc) is 2.73. The monoisotopic (exact) mass is 481 g/mol. The summed E-state index contributed by atoms with van der Waals surface area (Å²) in [6.45, 7) is 8.02. The number of rotatable bonds is 6. The van der Waals surface area contributed by atoms with Crippen LogP contribution in [-0.2, 0) is 21.3 Å². The van der Waals surface area contributed by atoms with Gasteiger partial charge >= 0.3 is 0 Å². The molecule has 1 fully saturated rings. The molecule has 0 spiro atoms. The number of morpholine rings is 1. The molecule has 2 heterocycles. The van der Waals surface area contributed by atoms with Crippen molar-refractivity contribution in [2.45, 2.75) is 51.3 Å². The van der Waals surface area contributed by atoms with E-state index in [2.05, 4.69) is 10.3 Å². The molecule has 3 rings (SSSR count). The lowest BCUT2D eigenvalue weighted by molar-refractivity contribution is -0.0440. The summed E-state index contributed by atoms with van der Waals surface area (Å²) in [6, 6.07) is 4.24. The lowest BCUT2D eigenvalue weighted by atomic mass is 10.1. The number of hydrogen-bond acceptors (Lipinski definition) is 6. The molecule has 174 valence electrons. The predicted octanol–water partition coefficient (Wildman–Crippen LogP) is 3.09. The van der Waals surface area contributed by atoms with Crippen LogP contribution in [0.3, 0.4) is 0 Å². The van der Waals surface area contributed by atoms with E-state index in [1.165, 1.54) is 22.5 Å². The Hall–Kier alpha value is -2.20. The molecular weight excluding hydrogens is 454 g/mol. The van der Waals surface area contributed by atoms with Crippen molar-refractivity contribution in [2.24, 2.45) is 0 Å². The number of methoxy groups -OCH3 is 1. The predicted molar refractivity (Wildman–Crippen MR) is 122 cm³/mol. The van der Waals surface area contributed by atoms with E-state index in [0.29, 0.717) is 5.69 Å². The molecule has 0 radical (unpaired) electrons. The fourth-order valence-electron chi connectivity index (χ4n) is 3.82. The van der Waals surface area contributed by atoms with E-state index in [-0.39, 0.29) is 47.3 Å². The summed E-state index contributed by atoms with van der Waals surface area (Å²) in [6.07, 6.45) is 1.21. The minimum atomic E-state index is -3.89. The molecular formula is C22H28ClN3O5S. The van der Waals surface area contributed by atoms with Gasteiger partial charge in [-0.3, -0.25) is 9.78 Å². The number of benzene rings is 1. The molecule has 1 aromatic heterocycles. The Morgan fingerprint density at radius 2 is 1.94 bits per heavy atom. The van der Waals surface area contributed by atoms with E-state index in [1.54, 1.807) is 13.3 Å². The van der Waals surface area contributed by atoms with Crippen molar-refractivity contribution >= 4 is 27.5 Å². The topological polar surface area (TPSA) is 97.8 Å². The highest BCUT2D eigenvalue weighted by Crippen LogP contribution is 2.28. The van der Waals surface area contributed by atoms with Gasteiger partial charge in [0.05, 0.1) is 36.6 Å². The lowest BCUT2D eigenvalue weighted by Crippen LogP contribution is -2.48. The molecule has 2 unspecified atom stereocenters. The minimum Gasteiger partial charge on any atom is -0.496 e. The van der Waals surface area contributed by atoms with Gasteiger partial charge in [-0.2, -0.15) is 4.31 Å². The van der Waals surface area contributed by atoms with Gasteiger partial charge in [-0.15, -0.1) is 0 Å². The SMILES string of the molecule is COc1c(C)cnc(CNC(=O)c2ccc(Cl)c(S(=O)(=O)N3CC(C)OC(C)C3)c2)c1C. The maximum atomic E-state index is 13.2. The third-order valence-electron chi connectivity index (χ3n) is 5.36. The Labute approximate surface area is 193 Å². The van der Waals surface area contributed by atoms with E-state index < -0.39 is 15.9 Å². The van der Waals surface area contributed by atoms with E-state index in [9.17, 15) is 13.2 Å². The minimum absolute atomic E-state index is 0.0640. The Morgan fingerprint density at radius 1 is 1.28 bits per heavy atom. The number of sulfonamides is 1. The first-order valence-electron chi connectivity index (χ1n) is 10.3. The number of ether oxygens (including phenoxy) is 2. The van der Waals surface area contributed by atoms with Crippen LogP contribution in [0.4, 0.5) is 0 Å². The Kier molecular flexibility index (Phi) is 7.44. The molecule has 0 aliphatic carbocycles. The van der Waals surface area contributed by atoms with Gasteiger partial charge in [0, 0.05) is 36.0 Å². The summed E-state index contributed by atoms with van der Waals surface area (Å²) >= 11 is 6.23. The molecule has 8 nitrogen and oxygen atoms in total. The highest BCUT2D eigenvalue weighted by molar-refractivity contribution is 7.89. The van der Waals surface area contributed by atoms with Gasteiger partial charge in [-0.05, 0) is 45.9 Å². The number of hydrogen-bond donors (Lipinski definition) is 1. The highest BCUT2D eigenvalue weighted by Gasteiger charge is 2.33. The Morgan fingerprint density at radius 3 is 2.56 bits per heavy atom. The van der Waals surface area contributed by atoms with Gasteiger partial charge in [0.2, 0.25) is 10.0 Å². The molecule has 1 N–H and O–H groups in total. The van der Waals surface area contributed by atoms with Gasteiger partial charge < -0.3 is 14.8 Å². The van der Waals surface area contributed by atoms with Crippen molar-refractivity contribution < 1.29 is 22.7 Å². The van der Waals surface area contributed by atoms with E-state index in [1.807, 2.05) is 27.7 Å². The molecule has 1 amide bonds. The quantitative estimate of drug-likeness (QED) is 0.680. The van der Waals surface area contributed by atoms with E-state index >= 15 is 0 Å². The first-order valence-corrected chi connectivity index (χ1v) is 12.1. The third kappa shape index (κ3) is 5.06. The first-order chi connectivity index (χ1) is 15.0. The molecule has 10 heteroatoms. The highest BCUT2D eigenvalue weighted by atomic mass is 35.5. The molecule has 0 bridgehead atoms. The van der Waals surface area contributed by atoms with Gasteiger partial charge in [-0.25, -0.2) is 8.42 Å². The number of carbonyl (C=O) groups is 1. The van der Waals surface area contributed by atoms with E-state index in [4.69, 9.17) is 21.1 Å². The van der Waals surface area contributed by atoms with Crippen LogP contribution < -0.4 is 10.1 Å². The second kappa shape index (κ2) is 9.74. The maximum Gasteiger partial charge on any atom is 0.251 e. The van der Waals surface area contributed by atoms with Crippen LogP contribution in [0.25, 0.3) is 0 Å². The zero-order valence-corrected chi connectivity index (χ0v) is 20.4. The van der Waals surface area contributed by atoms with Crippen molar-refractivity contribution in [3.63, 3.8) is 0 Å². The number of carbonyl (C=O) groups excluding carboxylic acids is 1. The number of aryl methyl sites for hydroxylation is 1. The van der Waals surface area contributed by atoms with Crippen molar-refractivity contribution in [3.05, 3.63) is 51.8 Å². The Bertz CT molecular complexity index is 1110. The second-order valence-electron chi connectivity index (χ2n) is 7.95. The molecule has 1 aliphatic heterocycles. The van der Waals surface area contributed by atoms with Crippen LogP contribution in [0, 0.1) is 13.8 Å². The standard InChI is InChI=1S/C22H28ClN3O5S/c1-13-9-24-19(16(4)21(13)30-5)10-25-22(27)17-6-7-18(23)20(8-17)32(28,29)26-11-14(2)31-15(3)12-26/h6-9,14-15H,10-12H2,1-5H3,(H,25,27). The molecule has 0 saturated carbocycles. The molecule has 1 aromatic carbocycles. The number of amides is 1. The molecule has 32 heavy (non-hydrogen) atoms. The molecule has 1 aliphatic rings. The summed E-state index contributed by atoms with van der Waals surface area (Å²) in [4.78, 5) is 17.1. The Balaban J connectivity index is 1.82. The number of nitrogens with zero attached hydrogens (tertiary/aromatic N) is 2. The summed E-state index contributed by atoms with van der Waals surface area (Å²) in [5.74, 6) is 0.292. The van der Waals surface area contributed by atoms with Gasteiger partial charge in [0.25, 0.3) is 5.91 Å². The largest absolute Gasteiger partial charge is 0.496 e. The zero-order valence-electron chi connectivity index (χ0n) is 18.8. The molecule has 1 saturated heterocycles. The van der Waals surface area contributed by atoms with Crippen LogP contribution in [-0.4, -0.2) is 56.0 Å². The zero-order chi connectivity index (χ0) is 23.6. The first kappa shape index (κ1) is 24.4. The number of aromatic nitrogens is 1. The van der Waals surface area contributed by atoms with Gasteiger partial charge in [0.15, 0.2) is 0 Å². The fourth-order valence-corrected chi connectivity index (χ4v) is 5.91. The van der Waals surface area contributed by atoms with Crippen LogP contribution in [0.1, 0.15) is 41.0 Å². The van der Waals surface area contributed by atoms with Crippen molar-refractivity contribution in [3.8, 4) is 5.75 Å². The third-order valence-corrected chi connectivity index (χ3v) is 7.68.